The van der Waals surface area contributed by atoms with Gasteiger partial charge in [0.15, 0.2) is 0 Å². The Bertz CT molecular complexity index is 1160. The number of anilines is 1. The minimum absolute atomic E-state index is 0.0296. The van der Waals surface area contributed by atoms with E-state index in [2.05, 4.69) is 22.1 Å². The first kappa shape index (κ1) is 22.2. The van der Waals surface area contributed by atoms with Crippen molar-refractivity contribution in [1.29, 1.82) is 0 Å². The average Bonchev–Trinajstić information content (AvgIpc) is 3.49. The van der Waals surface area contributed by atoms with Gasteiger partial charge in [-0.1, -0.05) is 12.1 Å². The Hall–Kier alpha value is -3.59. The lowest BCUT2D eigenvalue weighted by Gasteiger charge is -2.42. The summed E-state index contributed by atoms with van der Waals surface area (Å²) < 4.78 is 11.0. The summed E-state index contributed by atoms with van der Waals surface area (Å²) in [6.07, 6.45) is 5.35. The third-order valence-corrected chi connectivity index (χ3v) is 7.00. The first-order chi connectivity index (χ1) is 16.5. The smallest absolute Gasteiger partial charge is 0.326 e. The molecule has 0 atom stereocenters. The van der Waals surface area contributed by atoms with Crippen LogP contribution in [0, 0.1) is 0 Å². The SMILES string of the molecule is COc1cccc(CN2C(=O)N(c3ccc(-c4cn[nH]c4)c(OC)n3)CC23CCN(C)CC3)c1. The van der Waals surface area contributed by atoms with E-state index in [-0.39, 0.29) is 11.6 Å². The number of nitrogens with one attached hydrogen (secondary N) is 1. The summed E-state index contributed by atoms with van der Waals surface area (Å²) >= 11 is 0. The number of carbonyl (C=O) groups excluding carboxylic acids is 1. The Morgan fingerprint density at radius 3 is 2.65 bits per heavy atom. The minimum atomic E-state index is -0.245. The number of aromatic amines is 1. The predicted octanol–water partition coefficient (Wildman–Crippen LogP) is 3.40. The van der Waals surface area contributed by atoms with Gasteiger partial charge in [-0.05, 0) is 49.7 Å². The number of nitrogens with zero attached hydrogens (tertiary/aromatic N) is 5. The van der Waals surface area contributed by atoms with Gasteiger partial charge in [-0.15, -0.1) is 0 Å². The van der Waals surface area contributed by atoms with Crippen molar-refractivity contribution in [1.82, 2.24) is 25.0 Å². The van der Waals surface area contributed by atoms with Gasteiger partial charge in [-0.2, -0.15) is 10.1 Å². The van der Waals surface area contributed by atoms with Crippen molar-refractivity contribution in [2.45, 2.75) is 24.9 Å². The van der Waals surface area contributed by atoms with Gasteiger partial charge in [0, 0.05) is 37.0 Å². The quantitative estimate of drug-likeness (QED) is 0.604. The van der Waals surface area contributed by atoms with Gasteiger partial charge >= 0.3 is 6.03 Å². The molecule has 3 aromatic rings. The van der Waals surface area contributed by atoms with Gasteiger partial charge < -0.3 is 19.3 Å². The normalized spacial score (nSPS) is 18.0. The van der Waals surface area contributed by atoms with E-state index in [0.717, 1.165) is 48.4 Å². The molecule has 2 aliphatic rings. The number of benzene rings is 1. The summed E-state index contributed by atoms with van der Waals surface area (Å²) in [5.74, 6) is 1.86. The lowest BCUT2D eigenvalue weighted by molar-refractivity contribution is 0.0825. The number of H-pyrrole nitrogens is 1. The third kappa shape index (κ3) is 3.96. The van der Waals surface area contributed by atoms with Crippen LogP contribution in [-0.2, 0) is 6.54 Å². The van der Waals surface area contributed by atoms with E-state index in [0.29, 0.717) is 24.8 Å². The van der Waals surface area contributed by atoms with Gasteiger partial charge in [0.05, 0.1) is 32.5 Å². The van der Waals surface area contributed by atoms with Gasteiger partial charge in [0.1, 0.15) is 11.6 Å². The first-order valence-electron chi connectivity index (χ1n) is 11.5. The molecule has 2 aromatic heterocycles. The number of carbonyl (C=O) groups is 1. The van der Waals surface area contributed by atoms with Crippen molar-refractivity contribution in [2.24, 2.45) is 0 Å². The number of hydrogen-bond acceptors (Lipinski definition) is 6. The maximum atomic E-state index is 13.8. The number of methoxy groups -OCH3 is 2. The molecular formula is C25H30N6O3. The van der Waals surface area contributed by atoms with Gasteiger partial charge in [-0.3, -0.25) is 10.00 Å². The molecule has 9 heteroatoms. The summed E-state index contributed by atoms with van der Waals surface area (Å²) in [5, 5.41) is 6.84. The van der Waals surface area contributed by atoms with Crippen molar-refractivity contribution in [3.63, 3.8) is 0 Å². The van der Waals surface area contributed by atoms with Crippen LogP contribution >= 0.6 is 0 Å². The molecule has 34 heavy (non-hydrogen) atoms. The lowest BCUT2D eigenvalue weighted by Crippen LogP contribution is -2.53. The average molecular weight is 463 g/mol. The molecule has 2 fully saturated rings. The van der Waals surface area contributed by atoms with Gasteiger partial charge in [0.2, 0.25) is 5.88 Å². The van der Waals surface area contributed by atoms with Crippen LogP contribution in [-0.4, -0.2) is 77.5 Å². The molecule has 1 aromatic carbocycles. The summed E-state index contributed by atoms with van der Waals surface area (Å²) in [7, 11) is 5.39. The van der Waals surface area contributed by atoms with E-state index in [1.807, 2.05) is 41.3 Å². The van der Waals surface area contributed by atoms with Crippen LogP contribution in [0.2, 0.25) is 0 Å². The summed E-state index contributed by atoms with van der Waals surface area (Å²) in [5.41, 5.74) is 2.52. The molecule has 2 amide bonds. The minimum Gasteiger partial charge on any atom is -0.497 e. The third-order valence-electron chi connectivity index (χ3n) is 7.00. The fourth-order valence-corrected chi connectivity index (χ4v) is 4.98. The zero-order chi connectivity index (χ0) is 23.7. The second-order valence-electron chi connectivity index (χ2n) is 9.05. The number of amides is 2. The molecule has 4 heterocycles. The van der Waals surface area contributed by atoms with E-state index < -0.39 is 0 Å². The molecular weight excluding hydrogens is 432 g/mol. The second kappa shape index (κ2) is 8.98. The molecule has 2 saturated heterocycles. The van der Waals surface area contributed by atoms with Gasteiger partial charge in [-0.25, -0.2) is 4.79 Å². The maximum absolute atomic E-state index is 13.8. The van der Waals surface area contributed by atoms with Crippen LogP contribution in [0.4, 0.5) is 10.6 Å². The highest BCUT2D eigenvalue weighted by molar-refractivity contribution is 5.95. The Labute approximate surface area is 199 Å². The summed E-state index contributed by atoms with van der Waals surface area (Å²) in [6.45, 7) is 3.03. The standard InChI is InChI=1S/C25H30N6O3/c1-29-11-9-25(10-12-29)17-30(24(32)31(25)16-18-5-4-6-20(13-18)33-2)22-8-7-21(23(28-22)34-3)19-14-26-27-15-19/h4-8,13-15H,9-12,16-17H2,1-3H3,(H,26,27). The van der Waals surface area contributed by atoms with E-state index in [9.17, 15) is 4.79 Å². The van der Waals surface area contributed by atoms with Crippen molar-refractivity contribution in [3.05, 3.63) is 54.4 Å². The molecule has 0 radical (unpaired) electrons. The number of ether oxygens (including phenoxy) is 2. The van der Waals surface area contributed by atoms with Crippen molar-refractivity contribution in [2.75, 3.05) is 45.8 Å². The fraction of sp³-hybridized carbons (Fsp3) is 0.400. The van der Waals surface area contributed by atoms with Crippen LogP contribution < -0.4 is 14.4 Å². The van der Waals surface area contributed by atoms with Crippen LogP contribution in [0.25, 0.3) is 11.1 Å². The highest BCUT2D eigenvalue weighted by Crippen LogP contribution is 2.40. The monoisotopic (exact) mass is 462 g/mol. The number of urea groups is 1. The molecule has 0 saturated carbocycles. The Morgan fingerprint density at radius 1 is 1.12 bits per heavy atom. The van der Waals surface area contributed by atoms with E-state index in [1.54, 1.807) is 31.5 Å². The number of rotatable bonds is 6. The van der Waals surface area contributed by atoms with Crippen molar-refractivity contribution < 1.29 is 14.3 Å². The summed E-state index contributed by atoms with van der Waals surface area (Å²) in [6, 6.07) is 11.7. The van der Waals surface area contributed by atoms with Crippen molar-refractivity contribution in [3.8, 4) is 22.8 Å². The number of hydrogen-bond donors (Lipinski definition) is 1. The number of aromatic nitrogens is 3. The highest BCUT2D eigenvalue weighted by Gasteiger charge is 2.51. The zero-order valence-electron chi connectivity index (χ0n) is 19.8. The van der Waals surface area contributed by atoms with Gasteiger partial charge in [0.25, 0.3) is 0 Å². The molecule has 1 spiro atoms. The van der Waals surface area contributed by atoms with E-state index in [4.69, 9.17) is 14.5 Å². The molecule has 9 nitrogen and oxygen atoms in total. The van der Waals surface area contributed by atoms with Crippen molar-refractivity contribution >= 4 is 11.8 Å². The van der Waals surface area contributed by atoms with Crippen LogP contribution in [0.5, 0.6) is 11.6 Å². The second-order valence-corrected chi connectivity index (χ2v) is 9.05. The largest absolute Gasteiger partial charge is 0.497 e. The van der Waals surface area contributed by atoms with E-state index in [1.165, 1.54) is 0 Å². The van der Waals surface area contributed by atoms with E-state index >= 15 is 0 Å². The molecule has 0 aliphatic carbocycles. The maximum Gasteiger partial charge on any atom is 0.326 e. The predicted molar refractivity (Wildman–Crippen MR) is 129 cm³/mol. The molecule has 178 valence electrons. The Kier molecular flexibility index (Phi) is 5.87. The number of likely N-dealkylation sites (tertiary alicyclic amines) is 1. The molecule has 0 bridgehead atoms. The molecule has 2 aliphatic heterocycles. The molecule has 1 N–H and O–H groups in total. The zero-order valence-corrected chi connectivity index (χ0v) is 19.8. The number of pyridine rings is 1. The Morgan fingerprint density at radius 2 is 1.94 bits per heavy atom. The van der Waals surface area contributed by atoms with Crippen LogP contribution in [0.15, 0.2) is 48.8 Å². The van der Waals surface area contributed by atoms with Crippen LogP contribution in [0.3, 0.4) is 0 Å². The summed E-state index contributed by atoms with van der Waals surface area (Å²) in [4.78, 5) is 24.7. The fourth-order valence-electron chi connectivity index (χ4n) is 4.98. The topological polar surface area (TPSA) is 86.8 Å². The number of piperidine rings is 1. The van der Waals surface area contributed by atoms with Crippen LogP contribution in [0.1, 0.15) is 18.4 Å². The highest BCUT2D eigenvalue weighted by atomic mass is 16.5. The first-order valence-corrected chi connectivity index (χ1v) is 11.5. The lowest BCUT2D eigenvalue weighted by atomic mass is 9.86. The molecule has 0 unspecified atom stereocenters. The Balaban J connectivity index is 1.48. The molecule has 5 rings (SSSR count).